The van der Waals surface area contributed by atoms with Crippen molar-refractivity contribution in [3.63, 3.8) is 0 Å². The van der Waals surface area contributed by atoms with Crippen LogP contribution < -0.4 is 16.8 Å². The number of hydrogen-bond acceptors (Lipinski definition) is 6. The summed E-state index contributed by atoms with van der Waals surface area (Å²) in [5.74, 6) is 0. The average molecular weight is 295 g/mol. The lowest BCUT2D eigenvalue weighted by molar-refractivity contribution is 0.0299. The fourth-order valence-electron chi connectivity index (χ4n) is 1.51. The molecule has 5 N–H and O–H groups in total. The van der Waals surface area contributed by atoms with Gasteiger partial charge in [-0.25, -0.2) is 0 Å². The molecule has 0 bridgehead atoms. The van der Waals surface area contributed by atoms with Gasteiger partial charge >= 0.3 is 0 Å². The number of rotatable bonds is 11. The van der Waals surface area contributed by atoms with Gasteiger partial charge in [0.15, 0.2) is 0 Å². The Bertz CT molecular complexity index is 407. The van der Waals surface area contributed by atoms with Crippen LogP contribution in [0.2, 0.25) is 0 Å². The summed E-state index contributed by atoms with van der Waals surface area (Å²) in [6.45, 7) is 3.11. The summed E-state index contributed by atoms with van der Waals surface area (Å²) in [5, 5.41) is 3.11. The molecule has 0 saturated heterocycles. The van der Waals surface area contributed by atoms with Crippen molar-refractivity contribution in [3.8, 4) is 0 Å². The summed E-state index contributed by atoms with van der Waals surface area (Å²) >= 11 is 0. The third-order valence-electron chi connectivity index (χ3n) is 2.69. The Morgan fingerprint density at radius 2 is 1.76 bits per heavy atom. The van der Waals surface area contributed by atoms with Crippen LogP contribution in [-0.2, 0) is 20.8 Å². The van der Waals surface area contributed by atoms with E-state index < -0.39 is 0 Å². The van der Waals surface area contributed by atoms with Gasteiger partial charge in [0.1, 0.15) is 0 Å². The molecule has 0 amide bonds. The van der Waals surface area contributed by atoms with Gasteiger partial charge in [0, 0.05) is 25.5 Å². The van der Waals surface area contributed by atoms with E-state index in [1.165, 1.54) is 0 Å². The first kappa shape index (κ1) is 17.5. The molecular formula is C15H25N3O3. The highest BCUT2D eigenvalue weighted by Gasteiger charge is 1.94. The monoisotopic (exact) mass is 295 g/mol. The third-order valence-corrected chi connectivity index (χ3v) is 2.69. The molecule has 0 unspecified atom stereocenters. The molecule has 1 aromatic rings. The van der Waals surface area contributed by atoms with E-state index in [9.17, 15) is 0 Å². The van der Waals surface area contributed by atoms with E-state index in [0.29, 0.717) is 45.3 Å². The molecule has 118 valence electrons. The maximum atomic E-state index is 5.83. The standard InChI is InChI=1S/C15H25N3O3/c1-19-6-7-20-8-9-21-12-14(17)11-18-15-4-2-13(10-16)3-5-15/h2-5,11,18H,6-10,12,16-17H2,1H3/b14-11-. The maximum absolute atomic E-state index is 5.83. The second-order valence-electron chi connectivity index (χ2n) is 4.42. The number of nitrogens with one attached hydrogen (secondary N) is 1. The number of hydrogen-bond donors (Lipinski definition) is 3. The van der Waals surface area contributed by atoms with Crippen LogP contribution in [0.3, 0.4) is 0 Å². The zero-order chi connectivity index (χ0) is 15.3. The van der Waals surface area contributed by atoms with Gasteiger partial charge in [-0.15, -0.1) is 0 Å². The summed E-state index contributed by atoms with van der Waals surface area (Å²) in [6, 6.07) is 7.85. The van der Waals surface area contributed by atoms with E-state index in [4.69, 9.17) is 25.7 Å². The number of ether oxygens (including phenoxy) is 3. The highest BCUT2D eigenvalue weighted by Crippen LogP contribution is 2.09. The minimum absolute atomic E-state index is 0.363. The number of anilines is 1. The van der Waals surface area contributed by atoms with Crippen molar-refractivity contribution in [1.29, 1.82) is 0 Å². The zero-order valence-electron chi connectivity index (χ0n) is 12.5. The minimum atomic E-state index is 0.363. The normalized spacial score (nSPS) is 11.6. The van der Waals surface area contributed by atoms with E-state index >= 15 is 0 Å². The topological polar surface area (TPSA) is 91.8 Å². The lowest BCUT2D eigenvalue weighted by Gasteiger charge is -2.07. The molecule has 0 atom stereocenters. The Balaban J connectivity index is 2.14. The Hall–Kier alpha value is -1.60. The van der Waals surface area contributed by atoms with Gasteiger partial charge in [0.05, 0.1) is 38.7 Å². The van der Waals surface area contributed by atoms with E-state index in [1.54, 1.807) is 13.3 Å². The van der Waals surface area contributed by atoms with Crippen LogP contribution in [0.15, 0.2) is 36.2 Å². The molecule has 1 rings (SSSR count). The van der Waals surface area contributed by atoms with Crippen molar-refractivity contribution in [2.45, 2.75) is 6.54 Å². The first-order valence-electron chi connectivity index (χ1n) is 6.90. The number of methoxy groups -OCH3 is 1. The van der Waals surface area contributed by atoms with Crippen LogP contribution in [0.5, 0.6) is 0 Å². The smallest absolute Gasteiger partial charge is 0.0876 e. The van der Waals surface area contributed by atoms with Crippen molar-refractivity contribution in [2.75, 3.05) is 45.5 Å². The van der Waals surface area contributed by atoms with Gasteiger partial charge in [-0.3, -0.25) is 0 Å². The summed E-state index contributed by atoms with van der Waals surface area (Å²) in [4.78, 5) is 0. The molecular weight excluding hydrogens is 270 g/mol. The summed E-state index contributed by atoms with van der Waals surface area (Å²) in [7, 11) is 1.64. The van der Waals surface area contributed by atoms with Crippen LogP contribution in [-0.4, -0.2) is 40.1 Å². The fraction of sp³-hybridized carbons (Fsp3) is 0.467. The number of nitrogens with two attached hydrogens (primary N) is 2. The lowest BCUT2D eigenvalue weighted by Crippen LogP contribution is -2.13. The second-order valence-corrected chi connectivity index (χ2v) is 4.42. The van der Waals surface area contributed by atoms with Crippen LogP contribution in [0, 0.1) is 0 Å². The van der Waals surface area contributed by atoms with E-state index in [-0.39, 0.29) is 0 Å². The van der Waals surface area contributed by atoms with E-state index in [2.05, 4.69) is 5.32 Å². The minimum Gasteiger partial charge on any atom is -0.399 e. The molecule has 0 aliphatic carbocycles. The van der Waals surface area contributed by atoms with Crippen molar-refractivity contribution < 1.29 is 14.2 Å². The van der Waals surface area contributed by atoms with Gasteiger partial charge in [0.25, 0.3) is 0 Å². The Kier molecular flexibility index (Phi) is 9.23. The van der Waals surface area contributed by atoms with Gasteiger partial charge in [-0.05, 0) is 17.7 Å². The first-order valence-corrected chi connectivity index (χ1v) is 6.90. The molecule has 0 heterocycles. The van der Waals surface area contributed by atoms with E-state index in [0.717, 1.165) is 11.3 Å². The summed E-state index contributed by atoms with van der Waals surface area (Å²) in [5.41, 5.74) is 14.0. The van der Waals surface area contributed by atoms with Gasteiger partial charge < -0.3 is 31.0 Å². The highest BCUT2D eigenvalue weighted by atomic mass is 16.5. The first-order chi connectivity index (χ1) is 10.3. The molecule has 0 aromatic heterocycles. The molecule has 6 nitrogen and oxygen atoms in total. The molecule has 0 aliphatic heterocycles. The van der Waals surface area contributed by atoms with Crippen LogP contribution in [0.4, 0.5) is 5.69 Å². The Morgan fingerprint density at radius 1 is 1.10 bits per heavy atom. The van der Waals surface area contributed by atoms with Crippen LogP contribution in [0.1, 0.15) is 5.56 Å². The average Bonchev–Trinajstić information content (AvgIpc) is 2.52. The maximum Gasteiger partial charge on any atom is 0.0876 e. The molecule has 21 heavy (non-hydrogen) atoms. The van der Waals surface area contributed by atoms with Crippen LogP contribution >= 0.6 is 0 Å². The van der Waals surface area contributed by atoms with Crippen molar-refractivity contribution in [2.24, 2.45) is 11.5 Å². The van der Waals surface area contributed by atoms with E-state index in [1.807, 2.05) is 24.3 Å². The Morgan fingerprint density at radius 3 is 2.43 bits per heavy atom. The van der Waals surface area contributed by atoms with Crippen molar-refractivity contribution in [1.82, 2.24) is 0 Å². The van der Waals surface area contributed by atoms with Crippen LogP contribution in [0.25, 0.3) is 0 Å². The third kappa shape index (κ3) is 8.31. The number of benzene rings is 1. The van der Waals surface area contributed by atoms with Gasteiger partial charge in [-0.2, -0.15) is 0 Å². The summed E-state index contributed by atoms with van der Waals surface area (Å²) < 4.78 is 15.5. The van der Waals surface area contributed by atoms with Gasteiger partial charge in [0.2, 0.25) is 0 Å². The molecule has 0 radical (unpaired) electrons. The Labute approximate surface area is 126 Å². The van der Waals surface area contributed by atoms with Gasteiger partial charge in [-0.1, -0.05) is 12.1 Å². The SMILES string of the molecule is COCCOCCOC/C(N)=C/Nc1ccc(CN)cc1. The molecule has 0 fully saturated rings. The zero-order valence-corrected chi connectivity index (χ0v) is 12.5. The van der Waals surface area contributed by atoms with Crippen molar-refractivity contribution in [3.05, 3.63) is 41.7 Å². The quantitative estimate of drug-likeness (QED) is 0.528. The fourth-order valence-corrected chi connectivity index (χ4v) is 1.51. The lowest BCUT2D eigenvalue weighted by atomic mass is 10.2. The molecule has 6 heteroatoms. The predicted molar refractivity (Wildman–Crippen MR) is 83.7 cm³/mol. The second kappa shape index (κ2) is 11.1. The predicted octanol–water partition coefficient (Wildman–Crippen LogP) is 1.04. The van der Waals surface area contributed by atoms with Crippen molar-refractivity contribution >= 4 is 5.69 Å². The molecule has 0 spiro atoms. The molecule has 0 aliphatic rings. The largest absolute Gasteiger partial charge is 0.399 e. The summed E-state index contributed by atoms with van der Waals surface area (Å²) in [6.07, 6.45) is 1.73. The molecule has 1 aromatic carbocycles. The molecule has 0 saturated carbocycles. The highest BCUT2D eigenvalue weighted by molar-refractivity contribution is 5.47.